The first-order valence-electron chi connectivity index (χ1n) is 7.22. The number of methoxy groups -OCH3 is 1. The van der Waals surface area contributed by atoms with Crippen LogP contribution in [0.25, 0.3) is 0 Å². The molecule has 0 aliphatic heterocycles. The molecule has 4 nitrogen and oxygen atoms in total. The van der Waals surface area contributed by atoms with Gasteiger partial charge in [-0.05, 0) is 32.0 Å². The monoisotopic (exact) mass is 268 g/mol. The van der Waals surface area contributed by atoms with E-state index in [4.69, 9.17) is 9.15 Å². The van der Waals surface area contributed by atoms with E-state index in [1.54, 1.807) is 7.11 Å². The molecule has 0 spiro atoms. The minimum atomic E-state index is 0.539. The summed E-state index contributed by atoms with van der Waals surface area (Å²) in [4.78, 5) is 2.40. The molecule has 0 amide bonds. The summed E-state index contributed by atoms with van der Waals surface area (Å²) in [6.45, 7) is 10.9. The molecule has 110 valence electrons. The minimum Gasteiger partial charge on any atom is -0.463 e. The van der Waals surface area contributed by atoms with Crippen LogP contribution in [0.1, 0.15) is 38.7 Å². The maximum Gasteiger partial charge on any atom is 0.118 e. The zero-order valence-electron chi connectivity index (χ0n) is 12.7. The zero-order valence-corrected chi connectivity index (χ0v) is 12.7. The molecular formula is C15H28N2O2. The van der Waals surface area contributed by atoms with E-state index >= 15 is 0 Å². The standard InChI is InChI=1S/C15H28N2O2/c1-5-13(3)17(9-10-18-4)12-15-8-7-14(19-15)11-16-6-2/h7-8,13,16H,5-6,9-12H2,1-4H3. The van der Waals surface area contributed by atoms with Crippen LogP contribution >= 0.6 is 0 Å². The number of nitrogens with one attached hydrogen (secondary N) is 1. The van der Waals surface area contributed by atoms with E-state index in [1.165, 1.54) is 0 Å². The number of rotatable bonds is 10. The van der Waals surface area contributed by atoms with Crippen LogP contribution in [0, 0.1) is 0 Å². The van der Waals surface area contributed by atoms with Crippen molar-refractivity contribution in [2.75, 3.05) is 26.8 Å². The van der Waals surface area contributed by atoms with E-state index in [0.29, 0.717) is 6.04 Å². The van der Waals surface area contributed by atoms with Crippen molar-refractivity contribution in [1.29, 1.82) is 0 Å². The second-order valence-electron chi connectivity index (χ2n) is 4.87. The largest absolute Gasteiger partial charge is 0.463 e. The van der Waals surface area contributed by atoms with Crippen molar-refractivity contribution >= 4 is 0 Å². The number of furan rings is 1. The van der Waals surface area contributed by atoms with Crippen LogP contribution in [-0.2, 0) is 17.8 Å². The Morgan fingerprint density at radius 1 is 1.32 bits per heavy atom. The molecule has 0 saturated heterocycles. The lowest BCUT2D eigenvalue weighted by Crippen LogP contribution is -2.34. The fraction of sp³-hybridized carbons (Fsp3) is 0.733. The maximum atomic E-state index is 5.85. The Hall–Kier alpha value is -0.840. The quantitative estimate of drug-likeness (QED) is 0.708. The van der Waals surface area contributed by atoms with Gasteiger partial charge in [0.2, 0.25) is 0 Å². The molecule has 1 unspecified atom stereocenters. The first kappa shape index (κ1) is 16.2. The van der Waals surface area contributed by atoms with Crippen molar-refractivity contribution in [3.8, 4) is 0 Å². The Bertz CT molecular complexity index is 339. The fourth-order valence-electron chi connectivity index (χ4n) is 1.97. The molecule has 4 heteroatoms. The van der Waals surface area contributed by atoms with Crippen LogP contribution in [0.2, 0.25) is 0 Å². The predicted molar refractivity (Wildman–Crippen MR) is 78.1 cm³/mol. The molecule has 0 fully saturated rings. The van der Waals surface area contributed by atoms with Gasteiger partial charge in [-0.15, -0.1) is 0 Å². The molecule has 0 saturated carbocycles. The van der Waals surface area contributed by atoms with Gasteiger partial charge in [0.15, 0.2) is 0 Å². The van der Waals surface area contributed by atoms with Crippen LogP contribution in [0.4, 0.5) is 0 Å². The van der Waals surface area contributed by atoms with Crippen LogP contribution in [-0.4, -0.2) is 37.7 Å². The summed E-state index contributed by atoms with van der Waals surface area (Å²) in [5.74, 6) is 2.04. The molecule has 0 radical (unpaired) electrons. The molecule has 1 aromatic heterocycles. The second-order valence-corrected chi connectivity index (χ2v) is 4.87. The third-order valence-electron chi connectivity index (χ3n) is 3.42. The minimum absolute atomic E-state index is 0.539. The molecule has 1 atom stereocenters. The smallest absolute Gasteiger partial charge is 0.118 e. The van der Waals surface area contributed by atoms with Crippen LogP contribution in [0.5, 0.6) is 0 Å². The highest BCUT2D eigenvalue weighted by Crippen LogP contribution is 2.13. The van der Waals surface area contributed by atoms with Crippen molar-refractivity contribution in [3.63, 3.8) is 0 Å². The van der Waals surface area contributed by atoms with E-state index in [-0.39, 0.29) is 0 Å². The van der Waals surface area contributed by atoms with Crippen LogP contribution < -0.4 is 5.32 Å². The van der Waals surface area contributed by atoms with E-state index in [9.17, 15) is 0 Å². The van der Waals surface area contributed by atoms with Gasteiger partial charge < -0.3 is 14.5 Å². The normalized spacial score (nSPS) is 13.1. The predicted octanol–water partition coefficient (Wildman–Crippen LogP) is 2.64. The molecule has 0 aliphatic rings. The summed E-state index contributed by atoms with van der Waals surface area (Å²) in [6, 6.07) is 4.68. The molecule has 1 rings (SSSR count). The van der Waals surface area contributed by atoms with Gasteiger partial charge in [0.1, 0.15) is 11.5 Å². The second kappa shape index (κ2) is 9.13. The molecule has 19 heavy (non-hydrogen) atoms. The molecule has 0 bridgehead atoms. The molecular weight excluding hydrogens is 240 g/mol. The van der Waals surface area contributed by atoms with Gasteiger partial charge in [-0.25, -0.2) is 0 Å². The number of hydrogen-bond acceptors (Lipinski definition) is 4. The van der Waals surface area contributed by atoms with Crippen molar-refractivity contribution in [2.24, 2.45) is 0 Å². The molecule has 1 heterocycles. The molecule has 1 N–H and O–H groups in total. The SMILES string of the molecule is CCNCc1ccc(CN(CCOC)C(C)CC)o1. The van der Waals surface area contributed by atoms with Crippen molar-refractivity contribution in [2.45, 2.75) is 46.3 Å². The van der Waals surface area contributed by atoms with Gasteiger partial charge in [-0.1, -0.05) is 13.8 Å². The average Bonchev–Trinajstić information content (AvgIpc) is 2.87. The number of hydrogen-bond donors (Lipinski definition) is 1. The summed E-state index contributed by atoms with van der Waals surface area (Å²) in [6.07, 6.45) is 1.13. The Kier molecular flexibility index (Phi) is 7.79. The summed E-state index contributed by atoms with van der Waals surface area (Å²) < 4.78 is 11.0. The topological polar surface area (TPSA) is 37.6 Å². The van der Waals surface area contributed by atoms with E-state index in [0.717, 1.165) is 50.7 Å². The highest BCUT2D eigenvalue weighted by Gasteiger charge is 2.14. The summed E-state index contributed by atoms with van der Waals surface area (Å²) in [5.41, 5.74) is 0. The van der Waals surface area contributed by atoms with Crippen LogP contribution in [0.3, 0.4) is 0 Å². The van der Waals surface area contributed by atoms with Gasteiger partial charge in [0.05, 0.1) is 19.7 Å². The Balaban J connectivity index is 2.54. The average molecular weight is 268 g/mol. The Morgan fingerprint density at radius 3 is 2.68 bits per heavy atom. The van der Waals surface area contributed by atoms with Crippen LogP contribution in [0.15, 0.2) is 16.5 Å². The third-order valence-corrected chi connectivity index (χ3v) is 3.42. The first-order valence-corrected chi connectivity index (χ1v) is 7.22. The lowest BCUT2D eigenvalue weighted by atomic mass is 10.2. The van der Waals surface area contributed by atoms with E-state index in [2.05, 4.69) is 43.1 Å². The van der Waals surface area contributed by atoms with Gasteiger partial charge in [0.25, 0.3) is 0 Å². The summed E-state index contributed by atoms with van der Waals surface area (Å²) >= 11 is 0. The highest BCUT2D eigenvalue weighted by molar-refractivity contribution is 5.07. The highest BCUT2D eigenvalue weighted by atomic mass is 16.5. The van der Waals surface area contributed by atoms with Gasteiger partial charge >= 0.3 is 0 Å². The summed E-state index contributed by atoms with van der Waals surface area (Å²) in [7, 11) is 1.75. The lowest BCUT2D eigenvalue weighted by molar-refractivity contribution is 0.112. The fourth-order valence-corrected chi connectivity index (χ4v) is 1.97. The lowest BCUT2D eigenvalue weighted by Gasteiger charge is -2.27. The van der Waals surface area contributed by atoms with Gasteiger partial charge in [-0.2, -0.15) is 0 Å². The molecule has 1 aromatic rings. The molecule has 0 aliphatic carbocycles. The van der Waals surface area contributed by atoms with E-state index in [1.807, 2.05) is 0 Å². The number of nitrogens with zero attached hydrogens (tertiary/aromatic N) is 1. The van der Waals surface area contributed by atoms with Gasteiger partial charge in [0, 0.05) is 19.7 Å². The van der Waals surface area contributed by atoms with Gasteiger partial charge in [-0.3, -0.25) is 4.90 Å². The van der Waals surface area contributed by atoms with Crippen molar-refractivity contribution in [1.82, 2.24) is 10.2 Å². The van der Waals surface area contributed by atoms with Crippen molar-refractivity contribution in [3.05, 3.63) is 23.7 Å². The Morgan fingerprint density at radius 2 is 2.05 bits per heavy atom. The summed E-state index contributed by atoms with van der Waals surface area (Å²) in [5, 5.41) is 3.27. The van der Waals surface area contributed by atoms with E-state index < -0.39 is 0 Å². The molecule has 0 aromatic carbocycles. The number of ether oxygens (including phenoxy) is 1. The van der Waals surface area contributed by atoms with Crippen molar-refractivity contribution < 1.29 is 9.15 Å². The third kappa shape index (κ3) is 5.76. The first-order chi connectivity index (χ1) is 9.21. The maximum absolute atomic E-state index is 5.85. The Labute approximate surface area is 117 Å². The zero-order chi connectivity index (χ0) is 14.1.